The molecule has 4 nitrogen and oxygen atoms in total. The van der Waals surface area contributed by atoms with Gasteiger partial charge in [-0.2, -0.15) is 0 Å². The van der Waals surface area contributed by atoms with Gasteiger partial charge in [-0.15, -0.1) is 11.3 Å². The van der Waals surface area contributed by atoms with Crippen molar-refractivity contribution >= 4 is 17.2 Å². The van der Waals surface area contributed by atoms with Crippen molar-refractivity contribution < 1.29 is 9.53 Å². The average Bonchev–Trinajstić information content (AvgIpc) is 3.05. The van der Waals surface area contributed by atoms with Crippen LogP contribution in [0, 0.1) is 6.92 Å². The number of rotatable bonds is 6. The number of hydrogen-bond acceptors (Lipinski definition) is 4. The minimum absolute atomic E-state index is 0.0842. The van der Waals surface area contributed by atoms with Crippen LogP contribution < -0.4 is 10.1 Å². The quantitative estimate of drug-likeness (QED) is 0.833. The average molecular weight is 373 g/mol. The third kappa shape index (κ3) is 4.46. The lowest BCUT2D eigenvalue weighted by Gasteiger charge is -2.32. The van der Waals surface area contributed by atoms with Crippen LogP contribution in [0.15, 0.2) is 30.3 Å². The lowest BCUT2D eigenvalue weighted by atomic mass is 10.0. The zero-order chi connectivity index (χ0) is 18.5. The van der Waals surface area contributed by atoms with Gasteiger partial charge in [0.15, 0.2) is 0 Å². The number of nitrogens with zero attached hydrogens (tertiary/aromatic N) is 1. The van der Waals surface area contributed by atoms with Crippen LogP contribution in [0.5, 0.6) is 5.75 Å². The smallest absolute Gasteiger partial charge is 0.261 e. The van der Waals surface area contributed by atoms with E-state index < -0.39 is 0 Å². The van der Waals surface area contributed by atoms with E-state index in [4.69, 9.17) is 4.74 Å². The van der Waals surface area contributed by atoms with Crippen LogP contribution in [0.4, 0.5) is 0 Å². The van der Waals surface area contributed by atoms with Gasteiger partial charge in [-0.05, 0) is 43.9 Å². The Morgan fingerprint density at radius 3 is 2.65 bits per heavy atom. The molecule has 0 unspecified atom stereocenters. The summed E-state index contributed by atoms with van der Waals surface area (Å²) in [7, 11) is 1.72. The molecule has 1 aliphatic heterocycles. The number of carbonyl (C=O) groups excluding carboxylic acids is 1. The molecule has 1 fully saturated rings. The molecule has 2 heterocycles. The van der Waals surface area contributed by atoms with E-state index in [1.165, 1.54) is 16.0 Å². The van der Waals surface area contributed by atoms with E-state index in [9.17, 15) is 4.79 Å². The van der Waals surface area contributed by atoms with Gasteiger partial charge in [-0.3, -0.25) is 9.69 Å². The molecule has 0 saturated carbocycles. The largest absolute Gasteiger partial charge is 0.496 e. The maximum atomic E-state index is 12.5. The minimum Gasteiger partial charge on any atom is -0.496 e. The van der Waals surface area contributed by atoms with Crippen molar-refractivity contribution in [2.45, 2.75) is 45.7 Å². The van der Waals surface area contributed by atoms with Crippen molar-refractivity contribution in [3.63, 3.8) is 0 Å². The molecule has 0 aliphatic carbocycles. The highest BCUT2D eigenvalue weighted by Gasteiger charge is 2.22. The van der Waals surface area contributed by atoms with E-state index >= 15 is 0 Å². The number of methoxy groups -OCH3 is 1. The second kappa shape index (κ2) is 8.69. The van der Waals surface area contributed by atoms with Crippen LogP contribution in [-0.2, 0) is 13.0 Å². The summed E-state index contributed by atoms with van der Waals surface area (Å²) in [5.74, 6) is 1.03. The highest BCUT2D eigenvalue weighted by atomic mass is 32.1. The molecular formula is C21H28N2O2S. The number of ether oxygens (including phenoxy) is 1. The molecule has 0 bridgehead atoms. The Morgan fingerprint density at radius 1 is 1.27 bits per heavy atom. The fourth-order valence-corrected chi connectivity index (χ4v) is 4.57. The highest BCUT2D eigenvalue weighted by Crippen LogP contribution is 2.24. The predicted molar refractivity (Wildman–Crippen MR) is 107 cm³/mol. The third-order valence-corrected chi connectivity index (χ3v) is 6.23. The van der Waals surface area contributed by atoms with Gasteiger partial charge in [0.2, 0.25) is 0 Å². The molecule has 1 amide bonds. The summed E-state index contributed by atoms with van der Waals surface area (Å²) in [4.78, 5) is 17.1. The first-order chi connectivity index (χ1) is 12.6. The van der Waals surface area contributed by atoms with E-state index in [1.807, 2.05) is 18.2 Å². The fourth-order valence-electron chi connectivity index (χ4n) is 3.55. The van der Waals surface area contributed by atoms with E-state index in [1.54, 1.807) is 18.4 Å². The molecule has 5 heteroatoms. The van der Waals surface area contributed by atoms with Crippen LogP contribution in [0.1, 0.15) is 45.4 Å². The van der Waals surface area contributed by atoms with Crippen LogP contribution in [0.25, 0.3) is 0 Å². The topological polar surface area (TPSA) is 41.6 Å². The van der Waals surface area contributed by atoms with Crippen LogP contribution >= 0.6 is 11.3 Å². The minimum atomic E-state index is 0.0842. The van der Waals surface area contributed by atoms with Crippen LogP contribution in [0.2, 0.25) is 0 Å². The maximum Gasteiger partial charge on any atom is 0.261 e. The Balaban J connectivity index is 1.51. The number of amides is 1. The highest BCUT2D eigenvalue weighted by molar-refractivity contribution is 7.14. The normalized spacial score (nSPS) is 15.8. The molecule has 3 rings (SSSR count). The predicted octanol–water partition coefficient (Wildman–Crippen LogP) is 4.02. The first-order valence-electron chi connectivity index (χ1n) is 9.35. The number of thiophene rings is 1. The lowest BCUT2D eigenvalue weighted by Crippen LogP contribution is -2.44. The SMILES string of the molecule is CCc1cc(C(=O)NC2CCN(Cc3ccccc3OC)CC2)sc1C. The molecule has 0 spiro atoms. The van der Waals surface area contributed by atoms with Gasteiger partial charge >= 0.3 is 0 Å². The second-order valence-corrected chi connectivity index (χ2v) is 8.14. The summed E-state index contributed by atoms with van der Waals surface area (Å²) in [6.45, 7) is 7.11. The number of hydrogen-bond donors (Lipinski definition) is 1. The molecular weight excluding hydrogens is 344 g/mol. The summed E-state index contributed by atoms with van der Waals surface area (Å²) >= 11 is 1.61. The van der Waals surface area contributed by atoms with Crippen molar-refractivity contribution in [1.82, 2.24) is 10.2 Å². The molecule has 1 N–H and O–H groups in total. The Morgan fingerprint density at radius 2 is 2.00 bits per heavy atom. The van der Waals surface area contributed by atoms with Gasteiger partial charge < -0.3 is 10.1 Å². The van der Waals surface area contributed by atoms with Crippen molar-refractivity contribution in [2.24, 2.45) is 0 Å². The Bertz CT molecular complexity index is 748. The molecule has 1 aromatic carbocycles. The number of nitrogens with one attached hydrogen (secondary N) is 1. The first kappa shape index (κ1) is 18.9. The van der Waals surface area contributed by atoms with Crippen molar-refractivity contribution in [3.8, 4) is 5.75 Å². The summed E-state index contributed by atoms with van der Waals surface area (Å²) in [5.41, 5.74) is 2.51. The van der Waals surface area contributed by atoms with Gasteiger partial charge in [0.1, 0.15) is 5.75 Å². The number of likely N-dealkylation sites (tertiary alicyclic amines) is 1. The van der Waals surface area contributed by atoms with Crippen LogP contribution in [-0.4, -0.2) is 37.0 Å². The molecule has 0 radical (unpaired) electrons. The number of benzene rings is 1. The molecule has 0 atom stereocenters. The lowest BCUT2D eigenvalue weighted by molar-refractivity contribution is 0.0913. The summed E-state index contributed by atoms with van der Waals surface area (Å²) < 4.78 is 5.45. The van der Waals surface area contributed by atoms with E-state index in [-0.39, 0.29) is 11.9 Å². The monoisotopic (exact) mass is 372 g/mol. The summed E-state index contributed by atoms with van der Waals surface area (Å²) in [5, 5.41) is 3.23. The zero-order valence-corrected chi connectivity index (χ0v) is 16.7. The molecule has 2 aromatic rings. The van der Waals surface area contributed by atoms with Crippen molar-refractivity contribution in [3.05, 3.63) is 51.2 Å². The molecule has 140 valence electrons. The van der Waals surface area contributed by atoms with Gasteiger partial charge in [-0.25, -0.2) is 0 Å². The number of aryl methyl sites for hydroxylation is 2. The molecule has 1 saturated heterocycles. The van der Waals surface area contributed by atoms with Crippen LogP contribution in [0.3, 0.4) is 0 Å². The van der Waals surface area contributed by atoms with Gasteiger partial charge in [0.25, 0.3) is 5.91 Å². The first-order valence-corrected chi connectivity index (χ1v) is 10.2. The van der Waals surface area contributed by atoms with Crippen molar-refractivity contribution in [1.29, 1.82) is 0 Å². The Labute approximate surface area is 160 Å². The van der Waals surface area contributed by atoms with E-state index in [0.29, 0.717) is 0 Å². The third-order valence-electron chi connectivity index (χ3n) is 5.13. The van der Waals surface area contributed by atoms with E-state index in [0.717, 1.165) is 49.5 Å². The number of carbonyl (C=O) groups is 1. The molecule has 26 heavy (non-hydrogen) atoms. The maximum absolute atomic E-state index is 12.5. The molecule has 1 aliphatic rings. The summed E-state index contributed by atoms with van der Waals surface area (Å²) in [6, 6.07) is 10.5. The van der Waals surface area contributed by atoms with E-state index in [2.05, 4.69) is 36.2 Å². The van der Waals surface area contributed by atoms with Crippen molar-refractivity contribution in [2.75, 3.05) is 20.2 Å². The summed E-state index contributed by atoms with van der Waals surface area (Å²) in [6.07, 6.45) is 2.97. The molecule has 1 aromatic heterocycles. The Kier molecular flexibility index (Phi) is 6.33. The van der Waals surface area contributed by atoms with Gasteiger partial charge in [0.05, 0.1) is 12.0 Å². The van der Waals surface area contributed by atoms with Gasteiger partial charge in [-0.1, -0.05) is 25.1 Å². The zero-order valence-electron chi connectivity index (χ0n) is 15.9. The standard InChI is InChI=1S/C21H28N2O2S/c1-4-16-13-20(26-15(16)2)21(24)22-18-9-11-23(12-10-18)14-17-7-5-6-8-19(17)25-3/h5-8,13,18H,4,9-12,14H2,1-3H3,(H,22,24). The second-order valence-electron chi connectivity index (χ2n) is 6.88. The van der Waals surface area contributed by atoms with Gasteiger partial charge in [0, 0.05) is 36.1 Å². The number of para-hydroxylation sites is 1. The fraction of sp³-hybridized carbons (Fsp3) is 0.476. The Hall–Kier alpha value is -1.85. The number of piperidine rings is 1.